The van der Waals surface area contributed by atoms with Crippen molar-refractivity contribution in [3.63, 3.8) is 0 Å². The van der Waals surface area contributed by atoms with E-state index in [4.69, 9.17) is 4.74 Å². The van der Waals surface area contributed by atoms with E-state index >= 15 is 0 Å². The zero-order chi connectivity index (χ0) is 10.8. The van der Waals surface area contributed by atoms with Gasteiger partial charge >= 0.3 is 0 Å². The fourth-order valence-electron chi connectivity index (χ4n) is 2.14. The normalized spacial score (nSPS) is 20.6. The van der Waals surface area contributed by atoms with Gasteiger partial charge in [-0.1, -0.05) is 6.07 Å². The van der Waals surface area contributed by atoms with E-state index in [1.807, 2.05) is 6.07 Å². The Morgan fingerprint density at radius 2 is 2.27 bits per heavy atom. The van der Waals surface area contributed by atoms with Crippen molar-refractivity contribution in [1.82, 2.24) is 5.32 Å². The Hall–Kier alpha value is -1.09. The molecule has 0 aliphatic carbocycles. The fourth-order valence-corrected chi connectivity index (χ4v) is 2.14. The summed E-state index contributed by atoms with van der Waals surface area (Å²) in [6.45, 7) is 3.60. The molecule has 0 radical (unpaired) electrons. The van der Waals surface area contributed by atoms with Gasteiger partial charge in [-0.2, -0.15) is 0 Å². The third-order valence-electron chi connectivity index (χ3n) is 3.02. The number of hydrogen-bond donors (Lipinski definition) is 1. The summed E-state index contributed by atoms with van der Waals surface area (Å²) in [5.41, 5.74) is 1.43. The smallest absolute Gasteiger partial charge is 0.133 e. The first kappa shape index (κ1) is 10.4. The predicted molar refractivity (Wildman–Crippen MR) is 57.9 cm³/mol. The number of nitrogens with one attached hydrogen (secondary N) is 1. The van der Waals surface area contributed by atoms with Gasteiger partial charge in [-0.15, -0.1) is 0 Å². The van der Waals surface area contributed by atoms with E-state index in [2.05, 4.69) is 5.32 Å². The van der Waals surface area contributed by atoms with E-state index in [9.17, 15) is 4.39 Å². The Morgan fingerprint density at radius 3 is 2.87 bits per heavy atom. The molecule has 1 heterocycles. The maximum atomic E-state index is 14.0. The minimum atomic E-state index is -0.108. The Bertz CT molecular complexity index is 359. The quantitative estimate of drug-likeness (QED) is 0.806. The molecule has 0 aromatic heterocycles. The van der Waals surface area contributed by atoms with Crippen LogP contribution in [-0.2, 0) is 0 Å². The lowest BCUT2D eigenvalue weighted by atomic mass is 9.95. The largest absolute Gasteiger partial charge is 0.496 e. The van der Waals surface area contributed by atoms with Crippen LogP contribution in [0.4, 0.5) is 4.39 Å². The minimum Gasteiger partial charge on any atom is -0.496 e. The van der Waals surface area contributed by atoms with Gasteiger partial charge < -0.3 is 10.1 Å². The summed E-state index contributed by atoms with van der Waals surface area (Å²) in [5, 5.41) is 3.25. The Morgan fingerprint density at radius 1 is 1.47 bits per heavy atom. The van der Waals surface area contributed by atoms with Gasteiger partial charge in [-0.05, 0) is 31.5 Å². The average molecular weight is 209 g/mol. The van der Waals surface area contributed by atoms with Crippen molar-refractivity contribution < 1.29 is 9.13 Å². The lowest BCUT2D eigenvalue weighted by molar-refractivity contribution is 0.399. The van der Waals surface area contributed by atoms with E-state index in [1.165, 1.54) is 0 Å². The van der Waals surface area contributed by atoms with Crippen LogP contribution in [0.3, 0.4) is 0 Å². The Balaban J connectivity index is 2.45. The van der Waals surface area contributed by atoms with Crippen LogP contribution in [0.25, 0.3) is 0 Å². The molecule has 1 aromatic rings. The van der Waals surface area contributed by atoms with Gasteiger partial charge in [0.15, 0.2) is 0 Å². The van der Waals surface area contributed by atoms with Crippen LogP contribution < -0.4 is 10.1 Å². The van der Waals surface area contributed by atoms with Crippen molar-refractivity contribution in [3.05, 3.63) is 29.1 Å². The number of methoxy groups -OCH3 is 1. The molecule has 1 atom stereocenters. The second kappa shape index (κ2) is 4.19. The van der Waals surface area contributed by atoms with Crippen molar-refractivity contribution in [3.8, 4) is 5.75 Å². The number of benzene rings is 1. The second-order valence-electron chi connectivity index (χ2n) is 4.00. The van der Waals surface area contributed by atoms with Crippen molar-refractivity contribution in [2.75, 3.05) is 20.2 Å². The standard InChI is InChI=1S/C12H16FNO/c1-8-3-4-10(15-2)11(12(8)13)9-5-6-14-7-9/h3-4,9,14H,5-7H2,1-2H3. The molecule has 82 valence electrons. The van der Waals surface area contributed by atoms with Crippen LogP contribution in [0.5, 0.6) is 5.75 Å². The highest BCUT2D eigenvalue weighted by atomic mass is 19.1. The summed E-state index contributed by atoms with van der Waals surface area (Å²) in [5.74, 6) is 0.815. The van der Waals surface area contributed by atoms with E-state index < -0.39 is 0 Å². The lowest BCUT2D eigenvalue weighted by Crippen LogP contribution is -2.10. The topological polar surface area (TPSA) is 21.3 Å². The fraction of sp³-hybridized carbons (Fsp3) is 0.500. The molecule has 0 saturated carbocycles. The van der Waals surface area contributed by atoms with Crippen LogP contribution in [-0.4, -0.2) is 20.2 Å². The zero-order valence-electron chi connectivity index (χ0n) is 9.14. The van der Waals surface area contributed by atoms with Crippen LogP contribution in [0.2, 0.25) is 0 Å². The molecular formula is C12H16FNO. The van der Waals surface area contributed by atoms with Gasteiger partial charge in [-0.25, -0.2) is 4.39 Å². The molecule has 1 aliphatic rings. The summed E-state index contributed by atoms with van der Waals surface area (Å²) in [4.78, 5) is 0. The van der Waals surface area contributed by atoms with Crippen molar-refractivity contribution >= 4 is 0 Å². The molecule has 0 spiro atoms. The zero-order valence-corrected chi connectivity index (χ0v) is 9.14. The molecule has 1 saturated heterocycles. The highest BCUT2D eigenvalue weighted by Gasteiger charge is 2.24. The molecular weight excluding hydrogens is 193 g/mol. The third-order valence-corrected chi connectivity index (χ3v) is 3.02. The van der Waals surface area contributed by atoms with Gasteiger partial charge in [0.25, 0.3) is 0 Å². The third kappa shape index (κ3) is 1.84. The maximum Gasteiger partial charge on any atom is 0.133 e. The lowest BCUT2D eigenvalue weighted by Gasteiger charge is -2.16. The van der Waals surface area contributed by atoms with E-state index in [0.29, 0.717) is 11.3 Å². The summed E-state index contributed by atoms with van der Waals surface area (Å²) in [7, 11) is 1.59. The van der Waals surface area contributed by atoms with E-state index in [-0.39, 0.29) is 11.7 Å². The number of hydrogen-bond acceptors (Lipinski definition) is 2. The van der Waals surface area contributed by atoms with Crippen molar-refractivity contribution in [1.29, 1.82) is 0 Å². The first-order chi connectivity index (χ1) is 7.24. The number of rotatable bonds is 2. The minimum absolute atomic E-state index is 0.108. The maximum absolute atomic E-state index is 14.0. The number of ether oxygens (including phenoxy) is 1. The van der Waals surface area contributed by atoms with Crippen LogP contribution in [0.15, 0.2) is 12.1 Å². The van der Waals surface area contributed by atoms with Gasteiger partial charge in [0, 0.05) is 18.0 Å². The molecule has 1 aromatic carbocycles. The number of aryl methyl sites for hydroxylation is 1. The highest BCUT2D eigenvalue weighted by molar-refractivity contribution is 5.41. The van der Waals surface area contributed by atoms with Crippen molar-refractivity contribution in [2.45, 2.75) is 19.3 Å². The predicted octanol–water partition coefficient (Wildman–Crippen LogP) is 2.22. The summed E-state index contributed by atoms with van der Waals surface area (Å²) >= 11 is 0. The Labute approximate surface area is 89.4 Å². The molecule has 2 rings (SSSR count). The summed E-state index contributed by atoms with van der Waals surface area (Å²) < 4.78 is 19.2. The molecule has 0 bridgehead atoms. The van der Waals surface area contributed by atoms with Gasteiger partial charge in [0.1, 0.15) is 11.6 Å². The van der Waals surface area contributed by atoms with Crippen molar-refractivity contribution in [2.24, 2.45) is 0 Å². The van der Waals surface area contributed by atoms with Gasteiger partial charge in [0.2, 0.25) is 0 Å². The Kier molecular flexibility index (Phi) is 2.91. The van der Waals surface area contributed by atoms with Crippen LogP contribution in [0.1, 0.15) is 23.5 Å². The number of halogens is 1. The summed E-state index contributed by atoms with van der Waals surface area (Å²) in [6.07, 6.45) is 0.983. The molecule has 0 amide bonds. The molecule has 1 N–H and O–H groups in total. The average Bonchev–Trinajstić information content (AvgIpc) is 2.75. The molecule has 3 heteroatoms. The molecule has 2 nitrogen and oxygen atoms in total. The summed E-state index contributed by atoms with van der Waals surface area (Å²) in [6, 6.07) is 3.62. The molecule has 1 aliphatic heterocycles. The first-order valence-corrected chi connectivity index (χ1v) is 5.27. The van der Waals surface area contributed by atoms with E-state index in [1.54, 1.807) is 20.1 Å². The van der Waals surface area contributed by atoms with Crippen LogP contribution in [0, 0.1) is 12.7 Å². The molecule has 1 fully saturated rings. The van der Waals surface area contributed by atoms with Gasteiger partial charge in [-0.3, -0.25) is 0 Å². The van der Waals surface area contributed by atoms with E-state index in [0.717, 1.165) is 25.1 Å². The van der Waals surface area contributed by atoms with Crippen LogP contribution >= 0.6 is 0 Å². The highest BCUT2D eigenvalue weighted by Crippen LogP contribution is 2.34. The monoisotopic (exact) mass is 209 g/mol. The second-order valence-corrected chi connectivity index (χ2v) is 4.00. The van der Waals surface area contributed by atoms with Gasteiger partial charge in [0.05, 0.1) is 7.11 Å². The first-order valence-electron chi connectivity index (χ1n) is 5.27. The molecule has 1 unspecified atom stereocenters. The SMILES string of the molecule is COc1ccc(C)c(F)c1C1CCNC1. The molecule has 15 heavy (non-hydrogen) atoms.